The fourth-order valence-electron chi connectivity index (χ4n) is 1.99. The number of phenolic OH excluding ortho intramolecular Hbond substituents is 3. The Balaban J connectivity index is 0.00000264. The molecule has 23 heavy (non-hydrogen) atoms. The summed E-state index contributed by atoms with van der Waals surface area (Å²) < 4.78 is 1.54. The van der Waals surface area contributed by atoms with Crippen molar-refractivity contribution in [3.05, 3.63) is 28.3 Å². The van der Waals surface area contributed by atoms with Crippen molar-refractivity contribution in [1.29, 1.82) is 0 Å². The van der Waals surface area contributed by atoms with Crippen LogP contribution in [-0.2, 0) is 7.05 Å². The van der Waals surface area contributed by atoms with Gasteiger partial charge in [-0.25, -0.2) is 5.10 Å². The van der Waals surface area contributed by atoms with E-state index in [2.05, 4.69) is 20.8 Å². The van der Waals surface area contributed by atoms with Crippen molar-refractivity contribution < 1.29 is 25.5 Å². The molecule has 0 saturated carbocycles. The van der Waals surface area contributed by atoms with Gasteiger partial charge in [-0.2, -0.15) is 4.68 Å². The zero-order valence-electron chi connectivity index (χ0n) is 12.7. The predicted molar refractivity (Wildman–Crippen MR) is 83.0 cm³/mol. The van der Waals surface area contributed by atoms with E-state index in [9.17, 15) is 20.2 Å². The van der Waals surface area contributed by atoms with E-state index < -0.39 is 17.2 Å². The van der Waals surface area contributed by atoms with Crippen LogP contribution < -0.4 is 10.1 Å². The van der Waals surface area contributed by atoms with Gasteiger partial charge in [0.2, 0.25) is 11.4 Å². The first-order valence-corrected chi connectivity index (χ1v) is 6.33. The molecule has 0 aliphatic heterocycles. The summed E-state index contributed by atoms with van der Waals surface area (Å²) >= 11 is 0. The second-order valence-electron chi connectivity index (χ2n) is 4.72. The maximum atomic E-state index is 10.8. The minimum atomic E-state index is -0.620. The molecule has 10 nitrogen and oxygen atoms in total. The molecule has 124 valence electrons. The first-order valence-electron chi connectivity index (χ1n) is 6.33. The molecule has 0 fully saturated rings. The van der Waals surface area contributed by atoms with Gasteiger partial charge >= 0.3 is 5.82 Å². The van der Waals surface area contributed by atoms with E-state index in [1.165, 1.54) is 16.8 Å². The molecule has 0 bridgehead atoms. The molecule has 2 rings (SSSR count). The van der Waals surface area contributed by atoms with Crippen molar-refractivity contribution >= 4 is 17.2 Å². The minimum Gasteiger partial charge on any atom is -0.504 e. The Hall–Kier alpha value is -3.14. The monoisotopic (exact) mass is 324 g/mol. The van der Waals surface area contributed by atoms with Crippen LogP contribution in [0.2, 0.25) is 0 Å². The van der Waals surface area contributed by atoms with Gasteiger partial charge in [0.15, 0.2) is 11.5 Å². The predicted octanol–water partition coefficient (Wildman–Crippen LogP) is 0.674. The van der Waals surface area contributed by atoms with E-state index in [1.54, 1.807) is 20.9 Å². The van der Waals surface area contributed by atoms with E-state index in [0.717, 1.165) is 0 Å². The van der Waals surface area contributed by atoms with Crippen LogP contribution in [0.4, 0.5) is 11.5 Å². The topological polar surface area (TPSA) is 166 Å². The largest absolute Gasteiger partial charge is 0.504 e. The SMILES string of the molecule is C/C(=N\Nc1c(N=O)c(C)[nH][n+]1C)c1ccc(O)c(O)c1O.O. The van der Waals surface area contributed by atoms with Gasteiger partial charge in [0.1, 0.15) is 7.05 Å². The molecule has 1 aromatic carbocycles. The first-order chi connectivity index (χ1) is 10.4. The number of hydrogen-bond donors (Lipinski definition) is 5. The number of aromatic hydroxyl groups is 3. The lowest BCUT2D eigenvalue weighted by Gasteiger charge is -2.06. The van der Waals surface area contributed by atoms with Crippen molar-refractivity contribution in [2.45, 2.75) is 13.8 Å². The molecule has 0 unspecified atom stereocenters. The van der Waals surface area contributed by atoms with Gasteiger partial charge < -0.3 is 20.8 Å². The molecule has 0 atom stereocenters. The zero-order valence-corrected chi connectivity index (χ0v) is 12.7. The van der Waals surface area contributed by atoms with Gasteiger partial charge in [-0.3, -0.25) is 0 Å². The summed E-state index contributed by atoms with van der Waals surface area (Å²) in [5.41, 5.74) is 4.03. The van der Waals surface area contributed by atoms with Crippen LogP contribution in [-0.4, -0.2) is 31.6 Å². The Bertz CT molecular complexity index is 769. The summed E-state index contributed by atoms with van der Waals surface area (Å²) in [6.45, 7) is 3.29. The summed E-state index contributed by atoms with van der Waals surface area (Å²) in [6, 6.07) is 2.65. The lowest BCUT2D eigenvalue weighted by atomic mass is 10.1. The van der Waals surface area contributed by atoms with Gasteiger partial charge in [0.05, 0.1) is 11.4 Å². The highest BCUT2D eigenvalue weighted by atomic mass is 16.3. The van der Waals surface area contributed by atoms with Crippen molar-refractivity contribution in [2.24, 2.45) is 17.3 Å². The maximum absolute atomic E-state index is 10.8. The number of nitrogens with one attached hydrogen (secondary N) is 2. The fourth-order valence-corrected chi connectivity index (χ4v) is 1.99. The van der Waals surface area contributed by atoms with Crippen LogP contribution in [0.3, 0.4) is 0 Å². The van der Waals surface area contributed by atoms with E-state index in [1.807, 2.05) is 0 Å². The molecule has 0 spiro atoms. The van der Waals surface area contributed by atoms with Crippen LogP contribution in [0.1, 0.15) is 18.2 Å². The van der Waals surface area contributed by atoms with E-state index in [4.69, 9.17) is 0 Å². The summed E-state index contributed by atoms with van der Waals surface area (Å²) in [7, 11) is 1.68. The smallest absolute Gasteiger partial charge is 0.349 e. The van der Waals surface area contributed by atoms with Crippen LogP contribution in [0.15, 0.2) is 22.4 Å². The number of hydrogen-bond acceptors (Lipinski definition) is 7. The van der Waals surface area contributed by atoms with Crippen LogP contribution in [0.25, 0.3) is 0 Å². The number of aromatic nitrogens is 2. The Labute approximate surface area is 131 Å². The molecule has 0 radical (unpaired) electrons. The second-order valence-corrected chi connectivity index (χ2v) is 4.72. The third-order valence-corrected chi connectivity index (χ3v) is 3.19. The van der Waals surface area contributed by atoms with Crippen molar-refractivity contribution in [1.82, 2.24) is 5.10 Å². The highest BCUT2D eigenvalue weighted by molar-refractivity contribution is 6.02. The van der Waals surface area contributed by atoms with Gasteiger partial charge in [-0.15, -0.1) is 10.3 Å². The van der Waals surface area contributed by atoms with Crippen LogP contribution in [0.5, 0.6) is 17.2 Å². The summed E-state index contributed by atoms with van der Waals surface area (Å²) in [5.74, 6) is -1.17. The Morgan fingerprint density at radius 3 is 2.52 bits per heavy atom. The molecule has 0 aliphatic rings. The van der Waals surface area contributed by atoms with Crippen LogP contribution in [0, 0.1) is 11.8 Å². The summed E-state index contributed by atoms with van der Waals surface area (Å²) in [5, 5.41) is 38.5. The first kappa shape index (κ1) is 17.9. The van der Waals surface area contributed by atoms with E-state index in [-0.39, 0.29) is 16.7 Å². The number of nitroso groups, excluding NO2 is 1. The number of rotatable bonds is 4. The number of aryl methyl sites for hydroxylation is 2. The molecule has 7 N–H and O–H groups in total. The highest BCUT2D eigenvalue weighted by Crippen LogP contribution is 2.37. The Morgan fingerprint density at radius 2 is 1.91 bits per heavy atom. The molecule has 0 amide bonds. The molecule has 0 aliphatic carbocycles. The average molecular weight is 324 g/mol. The number of H-pyrrole nitrogens is 1. The number of nitrogens with zero attached hydrogens (tertiary/aromatic N) is 3. The minimum absolute atomic E-state index is 0. The van der Waals surface area contributed by atoms with Crippen molar-refractivity contribution in [3.8, 4) is 17.2 Å². The zero-order chi connectivity index (χ0) is 16.4. The molecule has 10 heteroatoms. The van der Waals surface area contributed by atoms with Gasteiger partial charge in [0.25, 0.3) is 0 Å². The molecule has 1 aromatic heterocycles. The number of phenols is 3. The fraction of sp³-hybridized carbons (Fsp3) is 0.231. The van der Waals surface area contributed by atoms with E-state index >= 15 is 0 Å². The number of aromatic amines is 1. The molecule has 1 heterocycles. The normalized spacial score (nSPS) is 11.0. The third-order valence-electron chi connectivity index (χ3n) is 3.19. The maximum Gasteiger partial charge on any atom is 0.349 e. The highest BCUT2D eigenvalue weighted by Gasteiger charge is 2.21. The lowest BCUT2D eigenvalue weighted by molar-refractivity contribution is -0.713. The van der Waals surface area contributed by atoms with E-state index in [0.29, 0.717) is 17.2 Å². The molecule has 2 aromatic rings. The second kappa shape index (κ2) is 6.75. The van der Waals surface area contributed by atoms with Crippen molar-refractivity contribution in [3.63, 3.8) is 0 Å². The number of anilines is 1. The summed E-state index contributed by atoms with van der Waals surface area (Å²) in [4.78, 5) is 10.8. The van der Waals surface area contributed by atoms with Gasteiger partial charge in [0, 0.05) is 5.56 Å². The Morgan fingerprint density at radius 1 is 1.26 bits per heavy atom. The average Bonchev–Trinajstić information content (AvgIpc) is 2.75. The lowest BCUT2D eigenvalue weighted by Crippen LogP contribution is -2.32. The summed E-state index contributed by atoms with van der Waals surface area (Å²) in [6.07, 6.45) is 0. The van der Waals surface area contributed by atoms with Gasteiger partial charge in [-0.05, 0) is 31.2 Å². The molecular weight excluding hydrogens is 306 g/mol. The quantitative estimate of drug-likeness (QED) is 0.183. The van der Waals surface area contributed by atoms with Crippen molar-refractivity contribution in [2.75, 3.05) is 5.43 Å². The molecule has 0 saturated heterocycles. The van der Waals surface area contributed by atoms with Gasteiger partial charge in [-0.1, -0.05) is 5.10 Å². The standard InChI is InChI=1S/C13H15N5O4.H2O/c1-6(8-4-5-9(19)12(21)11(8)20)14-15-13-10(17-22)7(2)16-18(13)3;/h4-5H,1-3H3,(H4,14,15,16,17,19,20,21,22);1H2/p+1. The number of benzene rings is 1. The van der Waals surface area contributed by atoms with Crippen LogP contribution >= 0.6 is 0 Å². The Kier molecular flexibility index (Phi) is 5.25. The third kappa shape index (κ3) is 3.21. The number of hydrazone groups is 1. The molecular formula is C13H18N5O5+.